The minimum Gasteiger partial charge on any atom is -0.467 e. The van der Waals surface area contributed by atoms with Crippen LogP contribution in [0.25, 0.3) is 0 Å². The topological polar surface area (TPSA) is 59.1 Å². The van der Waals surface area contributed by atoms with E-state index in [0.717, 1.165) is 19.6 Å². The Bertz CT molecular complexity index is 656. The van der Waals surface area contributed by atoms with Gasteiger partial charge in [-0.3, -0.25) is 9.80 Å². The summed E-state index contributed by atoms with van der Waals surface area (Å²) in [5, 5.41) is 0. The lowest BCUT2D eigenvalue weighted by atomic mass is 9.94. The van der Waals surface area contributed by atoms with Gasteiger partial charge >= 0.3 is 12.1 Å². The van der Waals surface area contributed by atoms with E-state index in [1.165, 1.54) is 12.7 Å². The molecule has 0 aromatic heterocycles. The number of nitrogens with zero attached hydrogens (tertiary/aromatic N) is 2. The zero-order valence-electron chi connectivity index (χ0n) is 16.0. The summed E-state index contributed by atoms with van der Waals surface area (Å²) in [6, 6.07) is 9.73. The second-order valence-corrected chi connectivity index (χ2v) is 8.20. The summed E-state index contributed by atoms with van der Waals surface area (Å²) in [5.74, 6) is -0.0149. The first-order valence-corrected chi connectivity index (χ1v) is 9.12. The molecule has 142 valence electrons. The van der Waals surface area contributed by atoms with Crippen molar-refractivity contribution in [3.63, 3.8) is 0 Å². The van der Waals surface area contributed by atoms with Crippen LogP contribution in [-0.4, -0.2) is 60.2 Å². The quantitative estimate of drug-likeness (QED) is 0.775. The standard InChI is InChI=1S/C20H28N2O4/c1-20(2,3)26-19(24)22-12-15-11-21(10-14-8-6-5-7-9-14)13-16(15)17(22)18(23)25-4/h5-9,15-17H,10-13H2,1-4H3/t15-,16-,17-/m0/s1. The molecule has 1 amide bonds. The monoisotopic (exact) mass is 360 g/mol. The van der Waals surface area contributed by atoms with Crippen LogP contribution >= 0.6 is 0 Å². The molecule has 6 nitrogen and oxygen atoms in total. The lowest BCUT2D eigenvalue weighted by molar-refractivity contribution is -0.147. The summed E-state index contributed by atoms with van der Waals surface area (Å²) in [5.41, 5.74) is 0.667. The van der Waals surface area contributed by atoms with Crippen LogP contribution in [0.5, 0.6) is 0 Å². The van der Waals surface area contributed by atoms with Crippen molar-refractivity contribution in [2.45, 2.75) is 39.0 Å². The third kappa shape index (κ3) is 4.01. The van der Waals surface area contributed by atoms with Crippen LogP contribution in [0.3, 0.4) is 0 Å². The number of hydrogen-bond acceptors (Lipinski definition) is 5. The molecule has 0 radical (unpaired) electrons. The Hall–Kier alpha value is -2.08. The summed E-state index contributed by atoms with van der Waals surface area (Å²) in [7, 11) is 1.37. The third-order valence-corrected chi connectivity index (χ3v) is 5.06. The number of amides is 1. The fourth-order valence-electron chi connectivity index (χ4n) is 4.04. The average molecular weight is 360 g/mol. The molecular formula is C20H28N2O4. The van der Waals surface area contributed by atoms with Crippen molar-refractivity contribution in [3.05, 3.63) is 35.9 Å². The minimum absolute atomic E-state index is 0.0821. The van der Waals surface area contributed by atoms with Crippen LogP contribution in [0.2, 0.25) is 0 Å². The van der Waals surface area contributed by atoms with E-state index in [9.17, 15) is 9.59 Å². The molecule has 6 heteroatoms. The van der Waals surface area contributed by atoms with Crippen LogP contribution in [0.4, 0.5) is 4.79 Å². The van der Waals surface area contributed by atoms with Crippen molar-refractivity contribution in [3.8, 4) is 0 Å². The van der Waals surface area contributed by atoms with Gasteiger partial charge in [-0.1, -0.05) is 30.3 Å². The fraction of sp³-hybridized carbons (Fsp3) is 0.600. The molecule has 2 fully saturated rings. The summed E-state index contributed by atoms with van der Waals surface area (Å²) < 4.78 is 10.5. The lowest BCUT2D eigenvalue weighted by Crippen LogP contribution is -2.47. The Morgan fingerprint density at radius 1 is 1.12 bits per heavy atom. The maximum absolute atomic E-state index is 12.6. The highest BCUT2D eigenvalue weighted by Crippen LogP contribution is 2.38. The van der Waals surface area contributed by atoms with Gasteiger partial charge in [-0.05, 0) is 32.3 Å². The van der Waals surface area contributed by atoms with E-state index in [1.54, 1.807) is 4.90 Å². The van der Waals surface area contributed by atoms with Gasteiger partial charge in [0.15, 0.2) is 0 Å². The molecule has 0 unspecified atom stereocenters. The number of rotatable bonds is 3. The summed E-state index contributed by atoms with van der Waals surface area (Å²) >= 11 is 0. The van der Waals surface area contributed by atoms with Crippen LogP contribution in [0.15, 0.2) is 30.3 Å². The van der Waals surface area contributed by atoms with Gasteiger partial charge in [0.25, 0.3) is 0 Å². The Balaban J connectivity index is 1.71. The van der Waals surface area contributed by atoms with Crippen molar-refractivity contribution >= 4 is 12.1 Å². The maximum Gasteiger partial charge on any atom is 0.411 e. The van der Waals surface area contributed by atoms with Gasteiger partial charge < -0.3 is 9.47 Å². The van der Waals surface area contributed by atoms with Crippen molar-refractivity contribution in [1.82, 2.24) is 9.80 Å². The van der Waals surface area contributed by atoms with Gasteiger partial charge in [0.2, 0.25) is 0 Å². The molecule has 2 saturated heterocycles. The molecule has 3 rings (SSSR count). The van der Waals surface area contributed by atoms with Gasteiger partial charge in [-0.25, -0.2) is 9.59 Å². The van der Waals surface area contributed by atoms with Gasteiger partial charge in [0, 0.05) is 32.1 Å². The number of carbonyl (C=O) groups excluding carboxylic acids is 2. The van der Waals surface area contributed by atoms with Crippen molar-refractivity contribution in [1.29, 1.82) is 0 Å². The molecule has 2 aliphatic rings. The van der Waals surface area contributed by atoms with Crippen LogP contribution in [-0.2, 0) is 20.8 Å². The molecule has 0 bridgehead atoms. The second-order valence-electron chi connectivity index (χ2n) is 8.20. The molecule has 1 aromatic carbocycles. The van der Waals surface area contributed by atoms with Crippen molar-refractivity contribution < 1.29 is 19.1 Å². The maximum atomic E-state index is 12.6. The van der Waals surface area contributed by atoms with E-state index < -0.39 is 17.7 Å². The Labute approximate surface area is 155 Å². The predicted octanol–water partition coefficient (Wildman–Crippen LogP) is 2.53. The van der Waals surface area contributed by atoms with E-state index in [0.29, 0.717) is 6.54 Å². The fourth-order valence-corrected chi connectivity index (χ4v) is 4.04. The molecule has 0 saturated carbocycles. The summed E-state index contributed by atoms with van der Waals surface area (Å²) in [4.78, 5) is 28.9. The molecule has 0 aliphatic carbocycles. The molecular weight excluding hydrogens is 332 g/mol. The first-order valence-electron chi connectivity index (χ1n) is 9.12. The third-order valence-electron chi connectivity index (χ3n) is 5.06. The van der Waals surface area contributed by atoms with E-state index in [4.69, 9.17) is 9.47 Å². The molecule has 26 heavy (non-hydrogen) atoms. The number of fused-ring (bicyclic) bond motifs is 1. The normalized spacial score (nSPS) is 25.8. The first-order chi connectivity index (χ1) is 12.3. The molecule has 0 N–H and O–H groups in total. The second kappa shape index (κ2) is 7.27. The van der Waals surface area contributed by atoms with Gasteiger partial charge in [-0.15, -0.1) is 0 Å². The van der Waals surface area contributed by atoms with Crippen LogP contribution in [0, 0.1) is 11.8 Å². The number of ether oxygens (including phenoxy) is 2. The van der Waals surface area contributed by atoms with Gasteiger partial charge in [0.1, 0.15) is 11.6 Å². The molecule has 1 aromatic rings. The largest absolute Gasteiger partial charge is 0.467 e. The number of methoxy groups -OCH3 is 1. The SMILES string of the molecule is COC(=O)[C@@H]1[C@H]2CN(Cc3ccccc3)C[C@H]2CN1C(=O)OC(C)(C)C. The van der Waals surface area contributed by atoms with E-state index in [-0.39, 0.29) is 17.8 Å². The predicted molar refractivity (Wildman–Crippen MR) is 97.4 cm³/mol. The summed E-state index contributed by atoms with van der Waals surface area (Å²) in [6.45, 7) is 8.52. The Morgan fingerprint density at radius 2 is 1.81 bits per heavy atom. The number of esters is 1. The number of carbonyl (C=O) groups is 2. The molecule has 3 atom stereocenters. The first kappa shape index (κ1) is 18.7. The number of likely N-dealkylation sites (tertiary alicyclic amines) is 2. The van der Waals surface area contributed by atoms with Crippen molar-refractivity contribution in [2.75, 3.05) is 26.7 Å². The van der Waals surface area contributed by atoms with Crippen LogP contribution < -0.4 is 0 Å². The van der Waals surface area contributed by atoms with E-state index >= 15 is 0 Å². The Kier molecular flexibility index (Phi) is 5.23. The Morgan fingerprint density at radius 3 is 2.42 bits per heavy atom. The average Bonchev–Trinajstić information content (AvgIpc) is 3.10. The smallest absolute Gasteiger partial charge is 0.411 e. The number of benzene rings is 1. The van der Waals surface area contributed by atoms with Crippen LogP contribution in [0.1, 0.15) is 26.3 Å². The summed E-state index contributed by atoms with van der Waals surface area (Å²) in [6.07, 6.45) is -0.433. The highest BCUT2D eigenvalue weighted by molar-refractivity contribution is 5.82. The van der Waals surface area contributed by atoms with Gasteiger partial charge in [0.05, 0.1) is 7.11 Å². The molecule has 2 aliphatic heterocycles. The lowest BCUT2D eigenvalue weighted by Gasteiger charge is -2.30. The minimum atomic E-state index is -0.588. The van der Waals surface area contributed by atoms with Gasteiger partial charge in [-0.2, -0.15) is 0 Å². The zero-order valence-corrected chi connectivity index (χ0v) is 16.0. The van der Waals surface area contributed by atoms with E-state index in [1.807, 2.05) is 39.0 Å². The zero-order chi connectivity index (χ0) is 18.9. The molecule has 0 spiro atoms. The number of hydrogen-bond donors (Lipinski definition) is 0. The van der Waals surface area contributed by atoms with Crippen molar-refractivity contribution in [2.24, 2.45) is 11.8 Å². The molecule has 2 heterocycles. The highest BCUT2D eigenvalue weighted by Gasteiger charge is 2.53. The van der Waals surface area contributed by atoms with E-state index in [2.05, 4.69) is 17.0 Å². The highest BCUT2D eigenvalue weighted by atomic mass is 16.6.